The summed E-state index contributed by atoms with van der Waals surface area (Å²) in [4.78, 5) is 0. The molecule has 0 amide bonds. The highest BCUT2D eigenvalue weighted by atomic mass is 79.9. The van der Waals surface area contributed by atoms with Crippen molar-refractivity contribution in [2.45, 2.75) is 26.7 Å². The van der Waals surface area contributed by atoms with Gasteiger partial charge in [0.25, 0.3) is 0 Å². The van der Waals surface area contributed by atoms with E-state index in [1.54, 1.807) is 6.07 Å². The largest absolute Gasteiger partial charge is 0.316 e. The van der Waals surface area contributed by atoms with Gasteiger partial charge in [0.2, 0.25) is 0 Å². The zero-order chi connectivity index (χ0) is 12.5. The van der Waals surface area contributed by atoms with E-state index in [4.69, 9.17) is 0 Å². The minimum absolute atomic E-state index is 0.0885. The topological polar surface area (TPSA) is 12.0 Å². The summed E-state index contributed by atoms with van der Waals surface area (Å²) in [5, 5.41) is 3.33. The van der Waals surface area contributed by atoms with Crippen molar-refractivity contribution in [1.29, 1.82) is 0 Å². The van der Waals surface area contributed by atoms with Crippen LogP contribution in [-0.2, 0) is 6.42 Å². The van der Waals surface area contributed by atoms with Gasteiger partial charge in [-0.1, -0.05) is 35.8 Å². The van der Waals surface area contributed by atoms with Crippen molar-refractivity contribution in [3.63, 3.8) is 0 Å². The Morgan fingerprint density at radius 3 is 2.59 bits per heavy atom. The van der Waals surface area contributed by atoms with E-state index in [0.717, 1.165) is 36.0 Å². The van der Waals surface area contributed by atoms with Crippen LogP contribution >= 0.6 is 15.9 Å². The Balaban J connectivity index is 2.13. The molecule has 1 fully saturated rings. The van der Waals surface area contributed by atoms with Crippen LogP contribution in [0, 0.1) is 17.2 Å². The number of rotatable bonds is 4. The number of halogens is 2. The molecule has 1 aromatic rings. The number of hydrogen-bond acceptors (Lipinski definition) is 1. The van der Waals surface area contributed by atoms with E-state index < -0.39 is 0 Å². The summed E-state index contributed by atoms with van der Waals surface area (Å²) in [5.74, 6) is 0.574. The summed E-state index contributed by atoms with van der Waals surface area (Å²) < 4.78 is 14.6. The standard InChI is InChI=1S/C14H19BrFN/c1-10(2)6-14(8-17-9-14)7-11-3-4-12(15)5-13(11)16/h3-5,10,17H,6-9H2,1-2H3. The van der Waals surface area contributed by atoms with Gasteiger partial charge < -0.3 is 5.32 Å². The zero-order valence-corrected chi connectivity index (χ0v) is 12.0. The molecule has 94 valence electrons. The summed E-state index contributed by atoms with van der Waals surface area (Å²) in [7, 11) is 0. The van der Waals surface area contributed by atoms with Crippen molar-refractivity contribution < 1.29 is 4.39 Å². The van der Waals surface area contributed by atoms with E-state index in [2.05, 4.69) is 35.1 Å². The molecule has 0 bridgehead atoms. The molecule has 1 saturated heterocycles. The summed E-state index contributed by atoms with van der Waals surface area (Å²) in [6.07, 6.45) is 2.01. The predicted molar refractivity (Wildman–Crippen MR) is 72.6 cm³/mol. The quantitative estimate of drug-likeness (QED) is 0.892. The molecule has 1 aliphatic heterocycles. The molecule has 0 radical (unpaired) electrons. The molecule has 1 heterocycles. The van der Waals surface area contributed by atoms with Gasteiger partial charge in [0.05, 0.1) is 0 Å². The van der Waals surface area contributed by atoms with Crippen LogP contribution in [0.2, 0.25) is 0 Å². The maximum Gasteiger partial charge on any atom is 0.127 e. The fourth-order valence-corrected chi connectivity index (χ4v) is 3.09. The third kappa shape index (κ3) is 3.08. The van der Waals surface area contributed by atoms with Gasteiger partial charge in [-0.15, -0.1) is 0 Å². The van der Waals surface area contributed by atoms with Crippen LogP contribution in [0.4, 0.5) is 4.39 Å². The van der Waals surface area contributed by atoms with Crippen molar-refractivity contribution in [3.8, 4) is 0 Å². The van der Waals surface area contributed by atoms with Crippen molar-refractivity contribution in [1.82, 2.24) is 5.32 Å². The first-order valence-corrected chi connectivity index (χ1v) is 6.95. The highest BCUT2D eigenvalue weighted by Crippen LogP contribution is 2.35. The molecule has 1 aromatic carbocycles. The molecular formula is C14H19BrFN. The Kier molecular flexibility index (Phi) is 3.88. The van der Waals surface area contributed by atoms with Crippen LogP contribution in [0.5, 0.6) is 0 Å². The average molecular weight is 300 g/mol. The number of hydrogen-bond donors (Lipinski definition) is 1. The molecule has 0 saturated carbocycles. The van der Waals surface area contributed by atoms with E-state index in [9.17, 15) is 4.39 Å². The third-order valence-corrected chi connectivity index (χ3v) is 3.92. The van der Waals surface area contributed by atoms with Crippen molar-refractivity contribution >= 4 is 15.9 Å². The van der Waals surface area contributed by atoms with E-state index in [0.29, 0.717) is 5.92 Å². The molecule has 0 spiro atoms. The van der Waals surface area contributed by atoms with Crippen molar-refractivity contribution in [3.05, 3.63) is 34.1 Å². The van der Waals surface area contributed by atoms with Crippen LogP contribution in [0.3, 0.4) is 0 Å². The van der Waals surface area contributed by atoms with Crippen molar-refractivity contribution in [2.75, 3.05) is 13.1 Å². The Morgan fingerprint density at radius 1 is 1.41 bits per heavy atom. The summed E-state index contributed by atoms with van der Waals surface area (Å²) >= 11 is 3.29. The van der Waals surface area contributed by atoms with Gasteiger partial charge in [-0.2, -0.15) is 0 Å². The number of benzene rings is 1. The minimum Gasteiger partial charge on any atom is -0.316 e. The van der Waals surface area contributed by atoms with Crippen LogP contribution in [-0.4, -0.2) is 13.1 Å². The molecule has 0 atom stereocenters. The van der Waals surface area contributed by atoms with E-state index >= 15 is 0 Å². The fourth-order valence-electron chi connectivity index (χ4n) is 2.76. The Hall–Kier alpha value is -0.410. The van der Waals surface area contributed by atoms with Gasteiger partial charge in [-0.05, 0) is 41.9 Å². The first-order chi connectivity index (χ1) is 8.01. The zero-order valence-electron chi connectivity index (χ0n) is 10.4. The van der Waals surface area contributed by atoms with Gasteiger partial charge in [-0.25, -0.2) is 4.39 Å². The van der Waals surface area contributed by atoms with Gasteiger partial charge in [0.1, 0.15) is 5.82 Å². The second kappa shape index (κ2) is 5.07. The van der Waals surface area contributed by atoms with Gasteiger partial charge in [0, 0.05) is 17.6 Å². The van der Waals surface area contributed by atoms with Gasteiger partial charge >= 0.3 is 0 Å². The minimum atomic E-state index is -0.0885. The Labute approximate surface area is 111 Å². The fraction of sp³-hybridized carbons (Fsp3) is 0.571. The lowest BCUT2D eigenvalue weighted by atomic mass is 9.71. The van der Waals surface area contributed by atoms with Gasteiger partial charge in [0.15, 0.2) is 0 Å². The molecule has 17 heavy (non-hydrogen) atoms. The molecule has 2 rings (SSSR count). The second-order valence-electron chi connectivity index (χ2n) is 5.61. The lowest BCUT2D eigenvalue weighted by Gasteiger charge is -2.44. The lowest BCUT2D eigenvalue weighted by molar-refractivity contribution is 0.130. The molecule has 3 heteroatoms. The van der Waals surface area contributed by atoms with Crippen LogP contribution in [0.25, 0.3) is 0 Å². The smallest absolute Gasteiger partial charge is 0.127 e. The average Bonchev–Trinajstić information content (AvgIpc) is 2.18. The van der Waals surface area contributed by atoms with Gasteiger partial charge in [-0.3, -0.25) is 0 Å². The molecule has 1 N–H and O–H groups in total. The first-order valence-electron chi connectivity index (χ1n) is 6.15. The van der Waals surface area contributed by atoms with Crippen LogP contribution in [0.15, 0.2) is 22.7 Å². The first kappa shape index (κ1) is 13.0. The molecule has 1 aliphatic rings. The molecule has 0 aliphatic carbocycles. The van der Waals surface area contributed by atoms with E-state index in [1.165, 1.54) is 0 Å². The highest BCUT2D eigenvalue weighted by molar-refractivity contribution is 9.10. The lowest BCUT2D eigenvalue weighted by Crippen LogP contribution is -2.55. The van der Waals surface area contributed by atoms with E-state index in [1.807, 2.05) is 12.1 Å². The maximum absolute atomic E-state index is 13.8. The summed E-state index contributed by atoms with van der Waals surface area (Å²) in [6.45, 7) is 6.50. The maximum atomic E-state index is 13.8. The Morgan fingerprint density at radius 2 is 2.12 bits per heavy atom. The van der Waals surface area contributed by atoms with E-state index in [-0.39, 0.29) is 11.2 Å². The SMILES string of the molecule is CC(C)CC1(Cc2ccc(Br)cc2F)CNC1. The number of nitrogens with one attached hydrogen (secondary N) is 1. The monoisotopic (exact) mass is 299 g/mol. The highest BCUT2D eigenvalue weighted by Gasteiger charge is 2.37. The molecule has 0 aromatic heterocycles. The third-order valence-electron chi connectivity index (χ3n) is 3.42. The second-order valence-corrected chi connectivity index (χ2v) is 6.53. The van der Waals surface area contributed by atoms with Crippen LogP contribution < -0.4 is 5.32 Å². The Bertz CT molecular complexity index is 399. The summed E-state index contributed by atoms with van der Waals surface area (Å²) in [6, 6.07) is 5.39. The van der Waals surface area contributed by atoms with Crippen LogP contribution in [0.1, 0.15) is 25.8 Å². The van der Waals surface area contributed by atoms with Crippen molar-refractivity contribution in [2.24, 2.45) is 11.3 Å². The molecular weight excluding hydrogens is 281 g/mol. The summed E-state index contributed by atoms with van der Waals surface area (Å²) in [5.41, 5.74) is 1.11. The molecule has 1 nitrogen and oxygen atoms in total. The normalized spacial score (nSPS) is 18.2. The predicted octanol–water partition coefficient (Wildman–Crippen LogP) is 3.77. The molecule has 0 unspecified atom stereocenters.